The first-order chi connectivity index (χ1) is 8.10. The molecule has 1 aromatic carbocycles. The molecule has 1 aromatic rings. The van der Waals surface area contributed by atoms with Crippen molar-refractivity contribution < 1.29 is 15.0 Å². The van der Waals surface area contributed by atoms with Gasteiger partial charge in [0.1, 0.15) is 11.5 Å². The Morgan fingerprint density at radius 1 is 1.35 bits per heavy atom. The van der Waals surface area contributed by atoms with Gasteiger partial charge in [0.25, 0.3) is 5.91 Å². The molecular formula is C12H16ClNO3. The standard InChI is InChI=1S/C12H16ClNO3/c1-2-6-14(7-5-13)12(17)10-4-3-9(15)8-11(10)16/h3-4,8,15-16H,2,5-7H2,1H3. The highest BCUT2D eigenvalue weighted by Crippen LogP contribution is 2.23. The molecule has 0 aliphatic rings. The topological polar surface area (TPSA) is 60.8 Å². The molecule has 0 fully saturated rings. The Morgan fingerprint density at radius 2 is 2.06 bits per heavy atom. The number of rotatable bonds is 5. The third-order valence-electron chi connectivity index (χ3n) is 2.35. The summed E-state index contributed by atoms with van der Waals surface area (Å²) in [7, 11) is 0. The second-order valence-corrected chi connectivity index (χ2v) is 4.06. The van der Waals surface area contributed by atoms with E-state index in [1.165, 1.54) is 12.1 Å². The Labute approximate surface area is 105 Å². The van der Waals surface area contributed by atoms with Crippen LogP contribution in [0.5, 0.6) is 11.5 Å². The largest absolute Gasteiger partial charge is 0.508 e. The Hall–Kier alpha value is -1.42. The zero-order valence-corrected chi connectivity index (χ0v) is 10.4. The molecule has 0 saturated heterocycles. The van der Waals surface area contributed by atoms with E-state index in [1.807, 2.05) is 6.92 Å². The Kier molecular flexibility index (Phi) is 5.10. The number of phenolic OH excluding ortho intramolecular Hbond substituents is 2. The molecule has 0 unspecified atom stereocenters. The second kappa shape index (κ2) is 6.35. The van der Waals surface area contributed by atoms with Crippen LogP contribution in [-0.2, 0) is 0 Å². The lowest BCUT2D eigenvalue weighted by atomic mass is 10.1. The first kappa shape index (κ1) is 13.6. The maximum atomic E-state index is 12.1. The van der Waals surface area contributed by atoms with Crippen LogP contribution in [0.3, 0.4) is 0 Å². The summed E-state index contributed by atoms with van der Waals surface area (Å²) in [6.45, 7) is 2.99. The van der Waals surface area contributed by atoms with E-state index >= 15 is 0 Å². The van der Waals surface area contributed by atoms with Crippen molar-refractivity contribution in [3.63, 3.8) is 0 Å². The molecule has 17 heavy (non-hydrogen) atoms. The Balaban J connectivity index is 2.92. The van der Waals surface area contributed by atoms with E-state index in [4.69, 9.17) is 16.7 Å². The predicted octanol–water partition coefficient (Wildman–Crippen LogP) is 2.19. The highest BCUT2D eigenvalue weighted by molar-refractivity contribution is 6.18. The summed E-state index contributed by atoms with van der Waals surface area (Å²) in [4.78, 5) is 13.7. The number of hydrogen-bond acceptors (Lipinski definition) is 3. The molecule has 94 valence electrons. The molecule has 4 nitrogen and oxygen atoms in total. The SMILES string of the molecule is CCCN(CCCl)C(=O)c1ccc(O)cc1O. The van der Waals surface area contributed by atoms with Crippen LogP contribution in [0, 0.1) is 0 Å². The summed E-state index contributed by atoms with van der Waals surface area (Å²) in [5, 5.41) is 18.8. The van der Waals surface area contributed by atoms with Gasteiger partial charge in [0.05, 0.1) is 5.56 Å². The Morgan fingerprint density at radius 3 is 2.59 bits per heavy atom. The van der Waals surface area contributed by atoms with Crippen LogP contribution >= 0.6 is 11.6 Å². The summed E-state index contributed by atoms with van der Waals surface area (Å²) < 4.78 is 0. The summed E-state index contributed by atoms with van der Waals surface area (Å²) in [5.41, 5.74) is 0.182. The average Bonchev–Trinajstić information content (AvgIpc) is 2.28. The van der Waals surface area contributed by atoms with Gasteiger partial charge >= 0.3 is 0 Å². The quantitative estimate of drug-likeness (QED) is 0.795. The van der Waals surface area contributed by atoms with Gasteiger partial charge in [0.15, 0.2) is 0 Å². The highest BCUT2D eigenvalue weighted by Gasteiger charge is 2.18. The molecule has 0 heterocycles. The van der Waals surface area contributed by atoms with Crippen LogP contribution in [0.1, 0.15) is 23.7 Å². The first-order valence-corrected chi connectivity index (χ1v) is 6.00. The number of benzene rings is 1. The fourth-order valence-corrected chi connectivity index (χ4v) is 1.76. The summed E-state index contributed by atoms with van der Waals surface area (Å²) in [5.74, 6) is -0.209. The number of phenols is 2. The molecule has 0 aliphatic heterocycles. The number of hydrogen-bond donors (Lipinski definition) is 2. The molecule has 0 saturated carbocycles. The van der Waals surface area contributed by atoms with Crippen LogP contribution in [0.25, 0.3) is 0 Å². The lowest BCUT2D eigenvalue weighted by Crippen LogP contribution is -2.33. The van der Waals surface area contributed by atoms with Crippen LogP contribution < -0.4 is 0 Å². The molecule has 0 bridgehead atoms. The molecule has 0 atom stereocenters. The van der Waals surface area contributed by atoms with Gasteiger partial charge in [0.2, 0.25) is 0 Å². The molecule has 0 aliphatic carbocycles. The highest BCUT2D eigenvalue weighted by atomic mass is 35.5. The van der Waals surface area contributed by atoms with E-state index in [0.29, 0.717) is 19.0 Å². The fraction of sp³-hybridized carbons (Fsp3) is 0.417. The number of alkyl halides is 1. The van der Waals surface area contributed by atoms with Crippen LogP contribution in [0.4, 0.5) is 0 Å². The smallest absolute Gasteiger partial charge is 0.257 e. The average molecular weight is 258 g/mol. The minimum atomic E-state index is -0.273. The van der Waals surface area contributed by atoms with Crippen molar-refractivity contribution in [3.8, 4) is 11.5 Å². The summed E-state index contributed by atoms with van der Waals surface area (Å²) in [6.07, 6.45) is 0.821. The van der Waals surface area contributed by atoms with Gasteiger partial charge in [-0.2, -0.15) is 0 Å². The zero-order valence-electron chi connectivity index (χ0n) is 9.69. The van der Waals surface area contributed by atoms with Gasteiger partial charge in [-0.1, -0.05) is 6.92 Å². The number of aromatic hydroxyl groups is 2. The van der Waals surface area contributed by atoms with Crippen LogP contribution in [0.2, 0.25) is 0 Å². The lowest BCUT2D eigenvalue weighted by molar-refractivity contribution is 0.0762. The number of nitrogens with zero attached hydrogens (tertiary/aromatic N) is 1. The lowest BCUT2D eigenvalue weighted by Gasteiger charge is -2.21. The molecule has 1 rings (SSSR count). The Bertz CT molecular complexity index is 389. The van der Waals surface area contributed by atoms with Crippen LogP contribution in [-0.4, -0.2) is 40.0 Å². The van der Waals surface area contributed by atoms with Crippen molar-refractivity contribution in [2.75, 3.05) is 19.0 Å². The summed E-state index contributed by atoms with van der Waals surface area (Å²) >= 11 is 5.63. The summed E-state index contributed by atoms with van der Waals surface area (Å²) in [6, 6.07) is 3.93. The van der Waals surface area contributed by atoms with Gasteiger partial charge in [-0.3, -0.25) is 4.79 Å². The molecule has 1 amide bonds. The van der Waals surface area contributed by atoms with Gasteiger partial charge in [-0.25, -0.2) is 0 Å². The van der Waals surface area contributed by atoms with Crippen molar-refractivity contribution >= 4 is 17.5 Å². The molecular weight excluding hydrogens is 242 g/mol. The van der Waals surface area contributed by atoms with Gasteiger partial charge in [0, 0.05) is 25.0 Å². The molecule has 0 aromatic heterocycles. The monoisotopic (exact) mass is 257 g/mol. The van der Waals surface area contributed by atoms with E-state index in [-0.39, 0.29) is 23.0 Å². The minimum Gasteiger partial charge on any atom is -0.508 e. The number of carbonyl (C=O) groups is 1. The van der Waals surface area contributed by atoms with Crippen molar-refractivity contribution in [2.24, 2.45) is 0 Å². The number of amides is 1. The molecule has 2 N–H and O–H groups in total. The molecule has 0 radical (unpaired) electrons. The number of carbonyl (C=O) groups excluding carboxylic acids is 1. The van der Waals surface area contributed by atoms with E-state index in [2.05, 4.69) is 0 Å². The van der Waals surface area contributed by atoms with Gasteiger partial charge < -0.3 is 15.1 Å². The predicted molar refractivity (Wildman–Crippen MR) is 66.7 cm³/mol. The first-order valence-electron chi connectivity index (χ1n) is 5.47. The van der Waals surface area contributed by atoms with Gasteiger partial charge in [-0.15, -0.1) is 11.6 Å². The van der Waals surface area contributed by atoms with Gasteiger partial charge in [-0.05, 0) is 18.6 Å². The van der Waals surface area contributed by atoms with E-state index in [0.717, 1.165) is 12.5 Å². The third kappa shape index (κ3) is 3.53. The van der Waals surface area contributed by atoms with E-state index < -0.39 is 0 Å². The fourth-order valence-electron chi connectivity index (χ4n) is 1.56. The molecule has 0 spiro atoms. The van der Waals surface area contributed by atoms with E-state index in [1.54, 1.807) is 4.90 Å². The second-order valence-electron chi connectivity index (χ2n) is 3.68. The van der Waals surface area contributed by atoms with Crippen molar-refractivity contribution in [1.29, 1.82) is 0 Å². The van der Waals surface area contributed by atoms with Crippen molar-refractivity contribution in [3.05, 3.63) is 23.8 Å². The maximum absolute atomic E-state index is 12.1. The minimum absolute atomic E-state index is 0.0709. The maximum Gasteiger partial charge on any atom is 0.257 e. The zero-order chi connectivity index (χ0) is 12.8. The molecule has 5 heteroatoms. The third-order valence-corrected chi connectivity index (χ3v) is 2.52. The van der Waals surface area contributed by atoms with Crippen LogP contribution in [0.15, 0.2) is 18.2 Å². The van der Waals surface area contributed by atoms with Crippen molar-refractivity contribution in [1.82, 2.24) is 4.90 Å². The number of halogens is 1. The van der Waals surface area contributed by atoms with E-state index in [9.17, 15) is 9.90 Å². The van der Waals surface area contributed by atoms with Crippen molar-refractivity contribution in [2.45, 2.75) is 13.3 Å². The normalized spacial score (nSPS) is 10.2.